The van der Waals surface area contributed by atoms with Gasteiger partial charge in [-0.05, 0) is 81.3 Å². The number of carbonyl (C=O) groups excluding carboxylic acids is 1. The molecular weight excluding hydrogens is 474 g/mol. The Morgan fingerprint density at radius 2 is 1.79 bits per heavy atom. The third-order valence-corrected chi connectivity index (χ3v) is 7.97. The molecule has 0 radical (unpaired) electrons. The molecule has 38 heavy (non-hydrogen) atoms. The van der Waals surface area contributed by atoms with E-state index >= 15 is 0 Å². The normalized spacial score (nSPS) is 18.0. The Kier molecular flexibility index (Phi) is 7.34. The van der Waals surface area contributed by atoms with E-state index in [1.54, 1.807) is 6.33 Å². The molecule has 1 aromatic carbocycles. The highest BCUT2D eigenvalue weighted by Crippen LogP contribution is 2.38. The number of carbonyl (C=O) groups is 1. The van der Waals surface area contributed by atoms with Crippen LogP contribution < -0.4 is 0 Å². The summed E-state index contributed by atoms with van der Waals surface area (Å²) in [5.74, 6) is 1.05. The zero-order valence-electron chi connectivity index (χ0n) is 23.4. The van der Waals surface area contributed by atoms with Crippen molar-refractivity contribution in [2.45, 2.75) is 64.3 Å². The molecule has 0 spiro atoms. The van der Waals surface area contributed by atoms with Crippen LogP contribution in [0.4, 0.5) is 0 Å². The number of H-pyrrole nitrogens is 1. The monoisotopic (exact) mass is 513 g/mol. The highest BCUT2D eigenvalue weighted by molar-refractivity contribution is 5.78. The topological polar surface area (TPSA) is 82.4 Å². The van der Waals surface area contributed by atoms with Crippen molar-refractivity contribution in [3.05, 3.63) is 59.5 Å². The smallest absolute Gasteiger partial charge is 0.236 e. The summed E-state index contributed by atoms with van der Waals surface area (Å²) in [5.41, 5.74) is 8.76. The van der Waals surface area contributed by atoms with E-state index in [9.17, 15) is 4.79 Å². The Morgan fingerprint density at radius 1 is 1.08 bits per heavy atom. The number of aryl methyl sites for hydroxylation is 1. The van der Waals surface area contributed by atoms with E-state index in [2.05, 4.69) is 66.3 Å². The lowest BCUT2D eigenvalue weighted by atomic mass is 9.81. The number of hydrogen-bond acceptors (Lipinski definition) is 5. The van der Waals surface area contributed by atoms with Crippen LogP contribution in [0.25, 0.3) is 28.2 Å². The fourth-order valence-electron chi connectivity index (χ4n) is 5.88. The van der Waals surface area contributed by atoms with Crippen molar-refractivity contribution in [3.63, 3.8) is 0 Å². The second kappa shape index (κ2) is 10.7. The molecule has 0 saturated heterocycles. The third-order valence-electron chi connectivity index (χ3n) is 7.97. The van der Waals surface area contributed by atoms with Gasteiger partial charge in [-0.25, -0.2) is 9.50 Å². The number of likely N-dealkylation sites (N-methyl/N-ethyl adjacent to an activating group) is 2. The molecular formula is C30H39N7O. The summed E-state index contributed by atoms with van der Waals surface area (Å²) in [6.45, 7) is 6.96. The Morgan fingerprint density at radius 3 is 2.45 bits per heavy atom. The van der Waals surface area contributed by atoms with Crippen molar-refractivity contribution in [1.29, 1.82) is 0 Å². The SMILES string of the molecule is Cc1cc(-c2n[nH]c(-c3ccc(C4CCC(N(C)C(=O)CN(C)C)CC4)cc3)c2C(C)C)cn2ncnc12. The Bertz CT molecular complexity index is 1410. The molecule has 0 bridgehead atoms. The predicted octanol–water partition coefficient (Wildman–Crippen LogP) is 5.26. The third kappa shape index (κ3) is 5.10. The summed E-state index contributed by atoms with van der Waals surface area (Å²) in [4.78, 5) is 20.7. The van der Waals surface area contributed by atoms with Crippen molar-refractivity contribution in [3.8, 4) is 22.5 Å². The van der Waals surface area contributed by atoms with Crippen LogP contribution in [0.3, 0.4) is 0 Å². The first-order chi connectivity index (χ1) is 18.2. The van der Waals surface area contributed by atoms with Crippen molar-refractivity contribution >= 4 is 11.6 Å². The highest BCUT2D eigenvalue weighted by atomic mass is 16.2. The van der Waals surface area contributed by atoms with Crippen molar-refractivity contribution in [2.75, 3.05) is 27.7 Å². The minimum Gasteiger partial charge on any atom is -0.342 e. The number of nitrogens with one attached hydrogen (secondary N) is 1. The number of rotatable bonds is 7. The lowest BCUT2D eigenvalue weighted by molar-refractivity contribution is -0.133. The summed E-state index contributed by atoms with van der Waals surface area (Å²) >= 11 is 0. The molecule has 5 rings (SSSR count). The van der Waals surface area contributed by atoms with Gasteiger partial charge in [-0.2, -0.15) is 10.2 Å². The van der Waals surface area contributed by atoms with Crippen LogP contribution in [0.2, 0.25) is 0 Å². The van der Waals surface area contributed by atoms with Crippen LogP contribution in [-0.4, -0.2) is 74.2 Å². The van der Waals surface area contributed by atoms with Gasteiger partial charge in [0, 0.05) is 30.4 Å². The van der Waals surface area contributed by atoms with E-state index in [4.69, 9.17) is 5.10 Å². The average Bonchev–Trinajstić information content (AvgIpc) is 3.56. The number of aromatic nitrogens is 5. The second-order valence-electron chi connectivity index (χ2n) is 11.3. The molecule has 1 aliphatic carbocycles. The molecule has 0 unspecified atom stereocenters. The maximum Gasteiger partial charge on any atom is 0.236 e. The van der Waals surface area contributed by atoms with Gasteiger partial charge in [0.2, 0.25) is 5.91 Å². The van der Waals surface area contributed by atoms with Gasteiger partial charge in [-0.1, -0.05) is 38.1 Å². The van der Waals surface area contributed by atoms with Crippen molar-refractivity contribution < 1.29 is 4.79 Å². The van der Waals surface area contributed by atoms with Crippen LogP contribution >= 0.6 is 0 Å². The molecule has 8 nitrogen and oxygen atoms in total. The quantitative estimate of drug-likeness (QED) is 0.364. The summed E-state index contributed by atoms with van der Waals surface area (Å²) in [6.07, 6.45) is 7.92. The Hall–Kier alpha value is -3.52. The molecule has 0 aliphatic heterocycles. The molecule has 8 heteroatoms. The average molecular weight is 514 g/mol. The van der Waals surface area contributed by atoms with E-state index in [1.807, 2.05) is 41.7 Å². The minimum absolute atomic E-state index is 0.207. The number of benzene rings is 1. The van der Waals surface area contributed by atoms with E-state index in [-0.39, 0.29) is 5.91 Å². The number of nitrogens with zero attached hydrogens (tertiary/aromatic N) is 6. The summed E-state index contributed by atoms with van der Waals surface area (Å²) < 4.78 is 1.82. The second-order valence-corrected chi connectivity index (χ2v) is 11.3. The van der Waals surface area contributed by atoms with Gasteiger partial charge in [-0.3, -0.25) is 9.89 Å². The van der Waals surface area contributed by atoms with Gasteiger partial charge >= 0.3 is 0 Å². The van der Waals surface area contributed by atoms with Crippen LogP contribution in [0.5, 0.6) is 0 Å². The van der Waals surface area contributed by atoms with Crippen LogP contribution in [0.15, 0.2) is 42.9 Å². The van der Waals surface area contributed by atoms with E-state index in [1.165, 1.54) is 11.1 Å². The molecule has 1 fully saturated rings. The predicted molar refractivity (Wildman–Crippen MR) is 151 cm³/mol. The Labute approximate surface area is 225 Å². The zero-order chi connectivity index (χ0) is 27.0. The van der Waals surface area contributed by atoms with E-state index in [0.717, 1.165) is 59.4 Å². The van der Waals surface area contributed by atoms with Crippen molar-refractivity contribution in [2.24, 2.45) is 0 Å². The molecule has 200 valence electrons. The Balaban J connectivity index is 1.33. The van der Waals surface area contributed by atoms with Gasteiger partial charge in [-0.15, -0.1) is 0 Å². The van der Waals surface area contributed by atoms with Crippen LogP contribution in [0.1, 0.15) is 68.1 Å². The zero-order valence-corrected chi connectivity index (χ0v) is 23.4. The molecule has 1 amide bonds. The van der Waals surface area contributed by atoms with Gasteiger partial charge in [0.15, 0.2) is 5.65 Å². The lowest BCUT2D eigenvalue weighted by Crippen LogP contribution is -2.43. The van der Waals surface area contributed by atoms with Gasteiger partial charge < -0.3 is 9.80 Å². The maximum atomic E-state index is 12.5. The lowest BCUT2D eigenvalue weighted by Gasteiger charge is -2.35. The number of aromatic amines is 1. The van der Waals surface area contributed by atoms with Gasteiger partial charge in [0.05, 0.1) is 17.9 Å². The molecule has 1 N–H and O–H groups in total. The summed E-state index contributed by atoms with van der Waals surface area (Å²) in [5, 5.41) is 12.4. The fourth-order valence-corrected chi connectivity index (χ4v) is 5.88. The highest BCUT2D eigenvalue weighted by Gasteiger charge is 2.27. The number of pyridine rings is 1. The van der Waals surface area contributed by atoms with Crippen LogP contribution in [0, 0.1) is 6.92 Å². The first-order valence-electron chi connectivity index (χ1n) is 13.6. The number of fused-ring (bicyclic) bond motifs is 1. The maximum absolute atomic E-state index is 12.5. The molecule has 1 aliphatic rings. The standard InChI is InChI=1S/C30H39N7O/c1-19(2)27-28(33-34-29(27)24-15-20(3)30-31-18-32-37(30)16-24)23-9-7-21(8-10-23)22-11-13-25(14-12-22)36(6)26(38)17-35(4)5/h7-10,15-16,18-19,22,25H,11-14,17H2,1-6H3,(H,33,34). The molecule has 1 saturated carbocycles. The molecule has 3 aromatic heterocycles. The number of hydrogen-bond donors (Lipinski definition) is 1. The summed E-state index contributed by atoms with van der Waals surface area (Å²) in [6, 6.07) is 11.5. The van der Waals surface area contributed by atoms with Crippen molar-refractivity contribution in [1.82, 2.24) is 34.6 Å². The van der Waals surface area contributed by atoms with Gasteiger partial charge in [0.25, 0.3) is 0 Å². The first-order valence-corrected chi connectivity index (χ1v) is 13.6. The minimum atomic E-state index is 0.207. The molecule has 3 heterocycles. The summed E-state index contributed by atoms with van der Waals surface area (Å²) in [7, 11) is 5.85. The number of amides is 1. The molecule has 0 atom stereocenters. The van der Waals surface area contributed by atoms with Crippen LogP contribution in [-0.2, 0) is 4.79 Å². The first kappa shape index (κ1) is 26.1. The fraction of sp³-hybridized carbons (Fsp3) is 0.467. The van der Waals surface area contributed by atoms with Gasteiger partial charge in [0.1, 0.15) is 6.33 Å². The molecule has 4 aromatic rings. The van der Waals surface area contributed by atoms with E-state index in [0.29, 0.717) is 24.4 Å². The largest absolute Gasteiger partial charge is 0.342 e. The van der Waals surface area contributed by atoms with E-state index < -0.39 is 0 Å².